The van der Waals surface area contributed by atoms with E-state index < -0.39 is 0 Å². The highest BCUT2D eigenvalue weighted by Gasteiger charge is 2.42. The van der Waals surface area contributed by atoms with Crippen LogP contribution in [0.15, 0.2) is 0 Å². The van der Waals surface area contributed by atoms with E-state index >= 15 is 0 Å². The van der Waals surface area contributed by atoms with Crippen molar-refractivity contribution in [1.82, 2.24) is 0 Å². The van der Waals surface area contributed by atoms with Crippen molar-refractivity contribution in [2.75, 3.05) is 12.4 Å². The molecule has 0 aliphatic heterocycles. The third-order valence-electron chi connectivity index (χ3n) is 3.73. The number of aliphatic hydroxyl groups excluding tert-OH is 1. The molecule has 0 aromatic rings. The first kappa shape index (κ1) is 9.85. The molecule has 2 aliphatic carbocycles. The third kappa shape index (κ3) is 1.89. The second-order valence-electron chi connectivity index (χ2n) is 4.54. The van der Waals surface area contributed by atoms with Crippen LogP contribution >= 0.6 is 11.8 Å². The number of thioether (sulfide) groups is 1. The lowest BCUT2D eigenvalue weighted by atomic mass is 9.81. The molecule has 0 radical (unpaired) electrons. The van der Waals surface area contributed by atoms with E-state index in [-0.39, 0.29) is 0 Å². The van der Waals surface area contributed by atoms with Crippen LogP contribution < -0.4 is 0 Å². The summed E-state index contributed by atoms with van der Waals surface area (Å²) in [7, 11) is 0. The highest BCUT2D eigenvalue weighted by atomic mass is 32.2. The van der Waals surface area contributed by atoms with Crippen LogP contribution in [-0.2, 0) is 0 Å². The molecule has 76 valence electrons. The average molecular weight is 200 g/mol. The molecule has 2 bridgehead atoms. The van der Waals surface area contributed by atoms with E-state index in [1.165, 1.54) is 31.4 Å². The largest absolute Gasteiger partial charge is 0.396 e. The molecule has 2 heteroatoms. The Morgan fingerprint density at radius 2 is 1.85 bits per heavy atom. The van der Waals surface area contributed by atoms with Gasteiger partial charge in [0.1, 0.15) is 0 Å². The molecule has 2 fully saturated rings. The van der Waals surface area contributed by atoms with Crippen LogP contribution in [0.25, 0.3) is 0 Å². The minimum atomic E-state index is 0.427. The zero-order chi connectivity index (χ0) is 9.26. The van der Waals surface area contributed by atoms with Crippen molar-refractivity contribution in [3.63, 3.8) is 0 Å². The van der Waals surface area contributed by atoms with Gasteiger partial charge in [0.05, 0.1) is 0 Å². The molecule has 0 saturated heterocycles. The van der Waals surface area contributed by atoms with Crippen molar-refractivity contribution >= 4 is 11.8 Å². The SMILES string of the molecule is CCSC1C2CCC1CC(CO)C2. The first-order valence-electron chi connectivity index (χ1n) is 5.57. The number of hydrogen-bond donors (Lipinski definition) is 1. The Balaban J connectivity index is 1.96. The molecule has 0 aromatic carbocycles. The maximum Gasteiger partial charge on any atom is 0.0459 e. The molecule has 13 heavy (non-hydrogen) atoms. The average Bonchev–Trinajstić information content (AvgIpc) is 2.39. The van der Waals surface area contributed by atoms with Crippen LogP contribution in [0.3, 0.4) is 0 Å². The van der Waals surface area contributed by atoms with Gasteiger partial charge >= 0.3 is 0 Å². The van der Waals surface area contributed by atoms with Gasteiger partial charge in [-0.2, -0.15) is 11.8 Å². The minimum Gasteiger partial charge on any atom is -0.396 e. The van der Waals surface area contributed by atoms with Gasteiger partial charge in [0.2, 0.25) is 0 Å². The Morgan fingerprint density at radius 3 is 2.31 bits per heavy atom. The van der Waals surface area contributed by atoms with E-state index in [0.717, 1.165) is 17.1 Å². The van der Waals surface area contributed by atoms with Crippen LogP contribution in [-0.4, -0.2) is 22.7 Å². The lowest BCUT2D eigenvalue weighted by Gasteiger charge is -2.34. The molecule has 0 spiro atoms. The van der Waals surface area contributed by atoms with Crippen molar-refractivity contribution in [2.24, 2.45) is 17.8 Å². The molecule has 2 unspecified atom stereocenters. The Bertz CT molecular complexity index is 157. The molecular formula is C11H20OS. The predicted molar refractivity (Wildman–Crippen MR) is 57.9 cm³/mol. The highest BCUT2D eigenvalue weighted by molar-refractivity contribution is 7.99. The maximum absolute atomic E-state index is 9.16. The minimum absolute atomic E-state index is 0.427. The summed E-state index contributed by atoms with van der Waals surface area (Å²) >= 11 is 2.16. The van der Waals surface area contributed by atoms with Gasteiger partial charge in [-0.05, 0) is 49.2 Å². The number of rotatable bonds is 3. The fourth-order valence-corrected chi connectivity index (χ4v) is 4.64. The van der Waals surface area contributed by atoms with Crippen molar-refractivity contribution in [3.05, 3.63) is 0 Å². The van der Waals surface area contributed by atoms with Gasteiger partial charge in [-0.25, -0.2) is 0 Å². The lowest BCUT2D eigenvalue weighted by molar-refractivity contribution is 0.160. The highest BCUT2D eigenvalue weighted by Crippen LogP contribution is 2.49. The molecule has 1 nitrogen and oxygen atoms in total. The zero-order valence-corrected chi connectivity index (χ0v) is 9.22. The van der Waals surface area contributed by atoms with Crippen LogP contribution in [0.4, 0.5) is 0 Å². The van der Waals surface area contributed by atoms with E-state index in [4.69, 9.17) is 5.11 Å². The first-order chi connectivity index (χ1) is 6.35. The zero-order valence-electron chi connectivity index (χ0n) is 8.41. The van der Waals surface area contributed by atoms with Gasteiger partial charge in [0.15, 0.2) is 0 Å². The van der Waals surface area contributed by atoms with Crippen LogP contribution in [0.1, 0.15) is 32.6 Å². The Hall–Kier alpha value is 0.310. The van der Waals surface area contributed by atoms with Gasteiger partial charge in [-0.15, -0.1) is 0 Å². The summed E-state index contributed by atoms with van der Waals surface area (Å²) in [5.41, 5.74) is 0. The standard InChI is InChI=1S/C11H20OS/c1-2-13-11-9-3-4-10(11)6-8(5-9)7-12/h8-12H,2-7H2,1H3. The Labute approximate surface area is 85.3 Å². The van der Waals surface area contributed by atoms with Crippen molar-refractivity contribution in [3.8, 4) is 0 Å². The van der Waals surface area contributed by atoms with Crippen LogP contribution in [0, 0.1) is 17.8 Å². The molecule has 2 atom stereocenters. The third-order valence-corrected chi connectivity index (χ3v) is 5.21. The predicted octanol–water partition coefficient (Wildman–Crippen LogP) is 2.54. The topological polar surface area (TPSA) is 20.2 Å². The van der Waals surface area contributed by atoms with Crippen molar-refractivity contribution in [1.29, 1.82) is 0 Å². The Kier molecular flexibility index (Phi) is 3.20. The monoisotopic (exact) mass is 200 g/mol. The summed E-state index contributed by atoms with van der Waals surface area (Å²) in [5.74, 6) is 3.76. The Morgan fingerprint density at radius 1 is 1.23 bits per heavy atom. The fraction of sp³-hybridized carbons (Fsp3) is 1.00. The van der Waals surface area contributed by atoms with Gasteiger partial charge in [-0.1, -0.05) is 6.92 Å². The molecule has 2 aliphatic rings. The summed E-state index contributed by atoms with van der Waals surface area (Å²) in [4.78, 5) is 0. The van der Waals surface area contributed by atoms with Crippen molar-refractivity contribution < 1.29 is 5.11 Å². The number of hydrogen-bond acceptors (Lipinski definition) is 2. The summed E-state index contributed by atoms with van der Waals surface area (Å²) in [5, 5.41) is 10.1. The van der Waals surface area contributed by atoms with Gasteiger partial charge in [0, 0.05) is 11.9 Å². The van der Waals surface area contributed by atoms with E-state index in [1.807, 2.05) is 0 Å². The molecule has 0 amide bonds. The number of fused-ring (bicyclic) bond motifs is 2. The molecule has 0 aromatic heterocycles. The van der Waals surface area contributed by atoms with Gasteiger partial charge in [0.25, 0.3) is 0 Å². The fourth-order valence-electron chi connectivity index (χ4n) is 3.21. The smallest absolute Gasteiger partial charge is 0.0459 e. The summed E-state index contributed by atoms with van der Waals surface area (Å²) in [6.07, 6.45) is 5.45. The first-order valence-corrected chi connectivity index (χ1v) is 6.62. The summed E-state index contributed by atoms with van der Waals surface area (Å²) < 4.78 is 0. The normalized spacial score (nSPS) is 43.8. The molecular weight excluding hydrogens is 180 g/mol. The van der Waals surface area contributed by atoms with E-state index in [1.54, 1.807) is 0 Å². The van der Waals surface area contributed by atoms with Crippen LogP contribution in [0.5, 0.6) is 0 Å². The summed E-state index contributed by atoms with van der Waals surface area (Å²) in [6.45, 7) is 2.69. The van der Waals surface area contributed by atoms with Crippen LogP contribution in [0.2, 0.25) is 0 Å². The second-order valence-corrected chi connectivity index (χ2v) is 5.99. The molecule has 2 rings (SSSR count). The van der Waals surface area contributed by atoms with E-state index in [9.17, 15) is 0 Å². The second kappa shape index (κ2) is 4.22. The summed E-state index contributed by atoms with van der Waals surface area (Å²) in [6, 6.07) is 0. The maximum atomic E-state index is 9.16. The van der Waals surface area contributed by atoms with E-state index in [0.29, 0.717) is 12.5 Å². The molecule has 1 N–H and O–H groups in total. The van der Waals surface area contributed by atoms with E-state index in [2.05, 4.69) is 18.7 Å². The molecule has 2 saturated carbocycles. The lowest BCUT2D eigenvalue weighted by Crippen LogP contribution is -2.30. The quantitative estimate of drug-likeness (QED) is 0.755. The molecule has 0 heterocycles. The number of aliphatic hydroxyl groups is 1. The van der Waals surface area contributed by atoms with Gasteiger partial charge < -0.3 is 5.11 Å². The van der Waals surface area contributed by atoms with Gasteiger partial charge in [-0.3, -0.25) is 0 Å². The van der Waals surface area contributed by atoms with Crippen molar-refractivity contribution in [2.45, 2.75) is 37.9 Å².